The van der Waals surface area contributed by atoms with E-state index >= 15 is 0 Å². The highest BCUT2D eigenvalue weighted by molar-refractivity contribution is 9.10. The molecule has 1 heterocycles. The average Bonchev–Trinajstić information content (AvgIpc) is 2.45. The Kier molecular flexibility index (Phi) is 5.83. The summed E-state index contributed by atoms with van der Waals surface area (Å²) in [5.74, 6) is -0.851. The second-order valence-corrected chi connectivity index (χ2v) is 6.58. The van der Waals surface area contributed by atoms with Crippen LogP contribution in [0.1, 0.15) is 24.2 Å². The first-order valence-corrected chi connectivity index (χ1v) is 8.09. The summed E-state index contributed by atoms with van der Waals surface area (Å²) >= 11 is 9.22. The average molecular weight is 391 g/mol. The van der Waals surface area contributed by atoms with Gasteiger partial charge in [0.2, 0.25) is 0 Å². The molecule has 120 valence electrons. The zero-order valence-electron chi connectivity index (χ0n) is 12.3. The van der Waals surface area contributed by atoms with E-state index in [0.29, 0.717) is 17.6 Å². The molecule has 1 aliphatic rings. The third kappa shape index (κ3) is 4.44. The Bertz CT molecular complexity index is 571. The Morgan fingerprint density at radius 2 is 2.00 bits per heavy atom. The minimum absolute atomic E-state index is 0.0251. The van der Waals surface area contributed by atoms with Crippen LogP contribution in [0.25, 0.3) is 0 Å². The van der Waals surface area contributed by atoms with Crippen LogP contribution in [0.4, 0.5) is 0 Å². The SMILES string of the molecule is CC1CN(C(=O)COC(=O)c2cc(Br)ccc2Cl)CC(C)O1. The normalized spacial score (nSPS) is 21.5. The number of halogens is 2. The minimum Gasteiger partial charge on any atom is -0.452 e. The highest BCUT2D eigenvalue weighted by Gasteiger charge is 2.26. The van der Waals surface area contributed by atoms with E-state index in [0.717, 1.165) is 0 Å². The summed E-state index contributed by atoms with van der Waals surface area (Å²) in [6, 6.07) is 4.88. The number of hydrogen-bond acceptors (Lipinski definition) is 4. The molecule has 2 unspecified atom stereocenters. The van der Waals surface area contributed by atoms with Crippen LogP contribution in [0, 0.1) is 0 Å². The molecule has 7 heteroatoms. The fraction of sp³-hybridized carbons (Fsp3) is 0.467. The van der Waals surface area contributed by atoms with Gasteiger partial charge >= 0.3 is 5.97 Å². The number of ether oxygens (including phenoxy) is 2. The second-order valence-electron chi connectivity index (χ2n) is 5.26. The first-order valence-electron chi connectivity index (χ1n) is 6.92. The van der Waals surface area contributed by atoms with Crippen LogP contribution in [0.15, 0.2) is 22.7 Å². The van der Waals surface area contributed by atoms with Crippen molar-refractivity contribution in [1.29, 1.82) is 0 Å². The summed E-state index contributed by atoms with van der Waals surface area (Å²) in [4.78, 5) is 25.8. The van der Waals surface area contributed by atoms with Gasteiger partial charge in [-0.1, -0.05) is 27.5 Å². The number of benzene rings is 1. The van der Waals surface area contributed by atoms with Crippen LogP contribution >= 0.6 is 27.5 Å². The zero-order valence-corrected chi connectivity index (χ0v) is 14.7. The van der Waals surface area contributed by atoms with Crippen LogP contribution in [0.3, 0.4) is 0 Å². The molecular weight excluding hydrogens is 374 g/mol. The lowest BCUT2D eigenvalue weighted by Gasteiger charge is -2.35. The molecule has 0 aromatic heterocycles. The molecule has 1 saturated heterocycles. The van der Waals surface area contributed by atoms with Gasteiger partial charge in [-0.25, -0.2) is 4.79 Å². The Hall–Kier alpha value is -1.11. The van der Waals surface area contributed by atoms with E-state index in [4.69, 9.17) is 21.1 Å². The van der Waals surface area contributed by atoms with Crippen molar-refractivity contribution >= 4 is 39.4 Å². The number of morpholine rings is 1. The van der Waals surface area contributed by atoms with Gasteiger partial charge in [0.05, 0.1) is 22.8 Å². The molecule has 1 aromatic rings. The third-order valence-electron chi connectivity index (χ3n) is 3.25. The van der Waals surface area contributed by atoms with Gasteiger partial charge in [0.15, 0.2) is 6.61 Å². The lowest BCUT2D eigenvalue weighted by Crippen LogP contribution is -2.49. The van der Waals surface area contributed by atoms with Crippen LogP contribution in [-0.2, 0) is 14.3 Å². The summed E-state index contributed by atoms with van der Waals surface area (Å²) in [6.07, 6.45) is -0.0501. The van der Waals surface area contributed by atoms with Crippen molar-refractivity contribution in [3.8, 4) is 0 Å². The Labute approximate surface area is 142 Å². The third-order valence-corrected chi connectivity index (χ3v) is 4.07. The van der Waals surface area contributed by atoms with Crippen molar-refractivity contribution < 1.29 is 19.1 Å². The zero-order chi connectivity index (χ0) is 16.3. The molecule has 0 spiro atoms. The van der Waals surface area contributed by atoms with E-state index < -0.39 is 5.97 Å². The van der Waals surface area contributed by atoms with Gasteiger partial charge in [-0.05, 0) is 32.0 Å². The van der Waals surface area contributed by atoms with Gasteiger partial charge in [0, 0.05) is 17.6 Å². The lowest BCUT2D eigenvalue weighted by molar-refractivity contribution is -0.146. The molecule has 1 aromatic carbocycles. The van der Waals surface area contributed by atoms with Crippen LogP contribution in [0.5, 0.6) is 0 Å². The van der Waals surface area contributed by atoms with Gasteiger partial charge in [-0.3, -0.25) is 4.79 Å². The number of carbonyl (C=O) groups excluding carboxylic acids is 2. The molecule has 1 aliphatic heterocycles. The van der Waals surface area contributed by atoms with E-state index in [9.17, 15) is 9.59 Å². The molecule has 1 fully saturated rings. The number of esters is 1. The van der Waals surface area contributed by atoms with Crippen molar-refractivity contribution in [2.45, 2.75) is 26.1 Å². The van der Waals surface area contributed by atoms with E-state index in [1.807, 2.05) is 13.8 Å². The fourth-order valence-corrected chi connectivity index (χ4v) is 2.89. The van der Waals surface area contributed by atoms with Gasteiger partial charge in [0.1, 0.15) is 0 Å². The largest absolute Gasteiger partial charge is 0.452 e. The Balaban J connectivity index is 1.93. The highest BCUT2D eigenvalue weighted by atomic mass is 79.9. The molecule has 2 rings (SSSR count). The molecule has 0 saturated carbocycles. The maximum Gasteiger partial charge on any atom is 0.340 e. The summed E-state index contributed by atoms with van der Waals surface area (Å²) in [5, 5.41) is 0.286. The number of rotatable bonds is 3. The maximum absolute atomic E-state index is 12.1. The molecule has 0 aliphatic carbocycles. The number of nitrogens with zero attached hydrogens (tertiary/aromatic N) is 1. The monoisotopic (exact) mass is 389 g/mol. The molecular formula is C15H17BrClNO4. The van der Waals surface area contributed by atoms with Crippen molar-refractivity contribution in [3.63, 3.8) is 0 Å². The standard InChI is InChI=1S/C15H17BrClNO4/c1-9-6-18(7-10(2)22-9)14(19)8-21-15(20)12-5-11(16)3-4-13(12)17/h3-5,9-10H,6-8H2,1-2H3. The minimum atomic E-state index is -0.617. The predicted molar refractivity (Wildman–Crippen MR) is 86.0 cm³/mol. The first-order chi connectivity index (χ1) is 10.4. The van der Waals surface area contributed by atoms with Gasteiger partial charge in [0.25, 0.3) is 5.91 Å². The molecule has 0 bridgehead atoms. The maximum atomic E-state index is 12.1. The van der Waals surface area contributed by atoms with Crippen LogP contribution in [-0.4, -0.2) is 48.7 Å². The Morgan fingerprint density at radius 1 is 1.36 bits per heavy atom. The van der Waals surface area contributed by atoms with Crippen molar-refractivity contribution in [1.82, 2.24) is 4.90 Å². The number of carbonyl (C=O) groups is 2. The molecule has 0 N–H and O–H groups in total. The second kappa shape index (κ2) is 7.44. The number of hydrogen-bond donors (Lipinski definition) is 0. The van der Waals surface area contributed by atoms with Crippen LogP contribution < -0.4 is 0 Å². The Morgan fingerprint density at radius 3 is 2.64 bits per heavy atom. The van der Waals surface area contributed by atoms with Gasteiger partial charge < -0.3 is 14.4 Å². The molecule has 5 nitrogen and oxygen atoms in total. The van der Waals surface area contributed by atoms with Gasteiger partial charge in [-0.2, -0.15) is 0 Å². The highest BCUT2D eigenvalue weighted by Crippen LogP contribution is 2.21. The van der Waals surface area contributed by atoms with Crippen molar-refractivity contribution in [2.75, 3.05) is 19.7 Å². The topological polar surface area (TPSA) is 55.8 Å². The lowest BCUT2D eigenvalue weighted by atomic mass is 10.2. The quantitative estimate of drug-likeness (QED) is 0.745. The predicted octanol–water partition coefficient (Wildman–Crippen LogP) is 2.90. The van der Waals surface area contributed by atoms with Crippen molar-refractivity contribution in [2.24, 2.45) is 0 Å². The molecule has 0 radical (unpaired) electrons. The van der Waals surface area contributed by atoms with Crippen molar-refractivity contribution in [3.05, 3.63) is 33.3 Å². The van der Waals surface area contributed by atoms with Gasteiger partial charge in [-0.15, -0.1) is 0 Å². The van der Waals surface area contributed by atoms with E-state index in [2.05, 4.69) is 15.9 Å². The summed E-state index contributed by atoms with van der Waals surface area (Å²) < 4.78 is 11.4. The van der Waals surface area contributed by atoms with Crippen LogP contribution in [0.2, 0.25) is 5.02 Å². The van der Waals surface area contributed by atoms with E-state index in [-0.39, 0.29) is 35.3 Å². The molecule has 2 atom stereocenters. The fourth-order valence-electron chi connectivity index (χ4n) is 2.33. The summed E-state index contributed by atoms with van der Waals surface area (Å²) in [5.41, 5.74) is 0.229. The first kappa shape index (κ1) is 17.2. The molecule has 1 amide bonds. The summed E-state index contributed by atoms with van der Waals surface area (Å²) in [7, 11) is 0. The van der Waals surface area contributed by atoms with E-state index in [1.54, 1.807) is 23.1 Å². The van der Waals surface area contributed by atoms with E-state index in [1.165, 1.54) is 0 Å². The smallest absolute Gasteiger partial charge is 0.340 e. The summed E-state index contributed by atoms with van der Waals surface area (Å²) in [6.45, 7) is 4.50. The molecule has 22 heavy (non-hydrogen) atoms. The number of amides is 1.